The van der Waals surface area contributed by atoms with Crippen LogP contribution in [0.25, 0.3) is 11.3 Å². The summed E-state index contributed by atoms with van der Waals surface area (Å²) >= 11 is 1.69. The number of nitrogens with zero attached hydrogens (tertiary/aromatic N) is 2. The molecule has 5 rings (SSSR count). The van der Waals surface area contributed by atoms with Gasteiger partial charge in [0.05, 0.1) is 19.3 Å². The number of aromatic nitrogens is 1. The van der Waals surface area contributed by atoms with Gasteiger partial charge in [-0.05, 0) is 29.6 Å². The quantitative estimate of drug-likeness (QED) is 0.629. The van der Waals surface area contributed by atoms with Gasteiger partial charge < -0.3 is 24.1 Å². The van der Waals surface area contributed by atoms with Crippen molar-refractivity contribution in [1.82, 2.24) is 15.4 Å². The second-order valence-corrected chi connectivity index (χ2v) is 8.30. The summed E-state index contributed by atoms with van der Waals surface area (Å²) in [7, 11) is 0. The number of nitrogens with one attached hydrogen (secondary N) is 1. The molecule has 31 heavy (non-hydrogen) atoms. The minimum atomic E-state index is -0.262. The Balaban J connectivity index is 1.27. The molecule has 4 heterocycles. The van der Waals surface area contributed by atoms with E-state index in [9.17, 15) is 4.79 Å². The average Bonchev–Trinajstić information content (AvgIpc) is 3.52. The third-order valence-electron chi connectivity index (χ3n) is 5.38. The van der Waals surface area contributed by atoms with E-state index in [0.717, 1.165) is 18.7 Å². The summed E-state index contributed by atoms with van der Waals surface area (Å²) < 4.78 is 22.1. The number of morpholine rings is 1. The number of benzene rings is 1. The number of carbonyl (C=O) groups excluding carboxylic acids is 1. The smallest absolute Gasteiger partial charge is 0.273 e. The number of carbonyl (C=O) groups is 1. The fourth-order valence-electron chi connectivity index (χ4n) is 3.77. The van der Waals surface area contributed by atoms with E-state index in [1.54, 1.807) is 17.4 Å². The maximum Gasteiger partial charge on any atom is 0.273 e. The average molecular weight is 442 g/mol. The van der Waals surface area contributed by atoms with Crippen LogP contribution in [0.1, 0.15) is 21.4 Å². The van der Waals surface area contributed by atoms with Gasteiger partial charge in [0.15, 0.2) is 23.0 Å². The summed E-state index contributed by atoms with van der Waals surface area (Å²) in [4.78, 5) is 16.3. The van der Waals surface area contributed by atoms with Crippen LogP contribution in [0.4, 0.5) is 0 Å². The lowest BCUT2D eigenvalue weighted by molar-refractivity contribution is 0.0169. The first kappa shape index (κ1) is 20.0. The zero-order chi connectivity index (χ0) is 21.0. The van der Waals surface area contributed by atoms with Gasteiger partial charge in [-0.2, -0.15) is 0 Å². The predicted octanol–water partition coefficient (Wildman–Crippen LogP) is 2.98. The van der Waals surface area contributed by atoms with E-state index >= 15 is 0 Å². The van der Waals surface area contributed by atoms with Gasteiger partial charge in [0.1, 0.15) is 13.2 Å². The molecule has 1 aromatic carbocycles. The Kier molecular flexibility index (Phi) is 5.88. The molecule has 9 heteroatoms. The van der Waals surface area contributed by atoms with Crippen LogP contribution in [0.15, 0.2) is 46.3 Å². The summed E-state index contributed by atoms with van der Waals surface area (Å²) in [6, 6.07) is 11.4. The monoisotopic (exact) mass is 441 g/mol. The number of fused-ring (bicyclic) bond motifs is 1. The first-order chi connectivity index (χ1) is 15.3. The van der Waals surface area contributed by atoms with Crippen molar-refractivity contribution in [2.75, 3.05) is 46.1 Å². The van der Waals surface area contributed by atoms with Crippen molar-refractivity contribution in [2.24, 2.45) is 0 Å². The number of amides is 1. The van der Waals surface area contributed by atoms with Crippen molar-refractivity contribution in [3.8, 4) is 22.8 Å². The van der Waals surface area contributed by atoms with E-state index in [1.165, 1.54) is 4.88 Å². The molecule has 2 aliphatic rings. The molecule has 0 aliphatic carbocycles. The number of ether oxygens (including phenoxy) is 3. The maximum absolute atomic E-state index is 12.8. The lowest BCUT2D eigenvalue weighted by atomic mass is 10.1. The molecule has 2 aliphatic heterocycles. The lowest BCUT2D eigenvalue weighted by Crippen LogP contribution is -2.43. The van der Waals surface area contributed by atoms with Gasteiger partial charge in [-0.3, -0.25) is 9.69 Å². The first-order valence-corrected chi connectivity index (χ1v) is 11.2. The maximum atomic E-state index is 12.8. The van der Waals surface area contributed by atoms with Crippen LogP contribution in [0.3, 0.4) is 0 Å². The van der Waals surface area contributed by atoms with Crippen LogP contribution in [-0.4, -0.2) is 62.0 Å². The Hall–Kier alpha value is -2.88. The molecular formula is C22H23N3O5S. The second-order valence-electron chi connectivity index (χ2n) is 7.32. The SMILES string of the molecule is O=C(NC[C@H](c1cccs1)N1CCOCC1)c1cc(-c2ccc3c(c2)OCCO3)on1. The topological polar surface area (TPSA) is 86.1 Å². The van der Waals surface area contributed by atoms with Gasteiger partial charge in [0.2, 0.25) is 0 Å². The molecule has 1 fully saturated rings. The van der Waals surface area contributed by atoms with Gasteiger partial charge in [-0.1, -0.05) is 11.2 Å². The van der Waals surface area contributed by atoms with Crippen LogP contribution in [-0.2, 0) is 4.74 Å². The molecule has 0 unspecified atom stereocenters. The van der Waals surface area contributed by atoms with Crippen molar-refractivity contribution < 1.29 is 23.5 Å². The fourth-order valence-corrected chi connectivity index (χ4v) is 4.64. The second kappa shape index (κ2) is 9.09. The van der Waals surface area contributed by atoms with Gasteiger partial charge in [-0.15, -0.1) is 11.3 Å². The zero-order valence-corrected chi connectivity index (χ0v) is 17.7. The minimum absolute atomic E-state index is 0.108. The molecule has 1 atom stereocenters. The number of rotatable bonds is 6. The molecule has 0 radical (unpaired) electrons. The van der Waals surface area contributed by atoms with Crippen LogP contribution in [0.5, 0.6) is 11.5 Å². The highest BCUT2D eigenvalue weighted by Gasteiger charge is 2.25. The molecule has 1 N–H and O–H groups in total. The minimum Gasteiger partial charge on any atom is -0.486 e. The summed E-state index contributed by atoms with van der Waals surface area (Å²) in [5, 5.41) is 9.04. The zero-order valence-electron chi connectivity index (χ0n) is 16.9. The van der Waals surface area contributed by atoms with Crippen molar-refractivity contribution in [3.63, 3.8) is 0 Å². The third-order valence-corrected chi connectivity index (χ3v) is 6.36. The summed E-state index contributed by atoms with van der Waals surface area (Å²) in [6.07, 6.45) is 0. The van der Waals surface area contributed by atoms with Crippen molar-refractivity contribution >= 4 is 17.2 Å². The molecule has 0 saturated carbocycles. The number of hydrogen-bond acceptors (Lipinski definition) is 8. The van der Waals surface area contributed by atoms with Crippen LogP contribution >= 0.6 is 11.3 Å². The van der Waals surface area contributed by atoms with Gasteiger partial charge in [0, 0.05) is 36.1 Å². The van der Waals surface area contributed by atoms with Gasteiger partial charge in [0.25, 0.3) is 5.91 Å². The van der Waals surface area contributed by atoms with E-state index in [2.05, 4.69) is 26.8 Å². The molecule has 1 amide bonds. The molecule has 1 saturated heterocycles. The van der Waals surface area contributed by atoms with E-state index in [4.69, 9.17) is 18.7 Å². The van der Waals surface area contributed by atoms with Crippen LogP contribution < -0.4 is 14.8 Å². The Labute approximate surface area is 183 Å². The molecular weight excluding hydrogens is 418 g/mol. The van der Waals surface area contributed by atoms with Crippen molar-refractivity contribution in [2.45, 2.75) is 6.04 Å². The summed E-state index contributed by atoms with van der Waals surface area (Å²) in [6.45, 7) is 4.64. The highest BCUT2D eigenvalue weighted by Crippen LogP contribution is 2.34. The highest BCUT2D eigenvalue weighted by molar-refractivity contribution is 7.10. The van der Waals surface area contributed by atoms with Crippen molar-refractivity contribution in [3.05, 3.63) is 52.3 Å². The first-order valence-electron chi connectivity index (χ1n) is 10.3. The Bertz CT molecular complexity index is 1030. The van der Waals surface area contributed by atoms with E-state index in [1.807, 2.05) is 24.3 Å². The van der Waals surface area contributed by atoms with Crippen LogP contribution in [0, 0.1) is 0 Å². The Morgan fingerprint density at radius 2 is 1.94 bits per heavy atom. The van der Waals surface area contributed by atoms with E-state index in [-0.39, 0.29) is 17.6 Å². The van der Waals surface area contributed by atoms with Crippen molar-refractivity contribution in [1.29, 1.82) is 0 Å². The predicted molar refractivity (Wildman–Crippen MR) is 115 cm³/mol. The summed E-state index contributed by atoms with van der Waals surface area (Å²) in [5.41, 5.74) is 1.03. The fraction of sp³-hybridized carbons (Fsp3) is 0.364. The summed E-state index contributed by atoms with van der Waals surface area (Å²) in [5.74, 6) is 1.61. The third kappa shape index (κ3) is 4.43. The molecule has 2 aromatic heterocycles. The van der Waals surface area contributed by atoms with Gasteiger partial charge >= 0.3 is 0 Å². The van der Waals surface area contributed by atoms with E-state index in [0.29, 0.717) is 50.2 Å². The van der Waals surface area contributed by atoms with Gasteiger partial charge in [-0.25, -0.2) is 0 Å². The molecule has 0 spiro atoms. The largest absolute Gasteiger partial charge is 0.486 e. The molecule has 0 bridgehead atoms. The lowest BCUT2D eigenvalue weighted by Gasteiger charge is -2.34. The highest BCUT2D eigenvalue weighted by atomic mass is 32.1. The molecule has 3 aromatic rings. The van der Waals surface area contributed by atoms with E-state index < -0.39 is 0 Å². The normalized spacial score (nSPS) is 17.3. The van der Waals surface area contributed by atoms with Crippen LogP contribution in [0.2, 0.25) is 0 Å². The standard InChI is InChI=1S/C22H23N3O5S/c26-22(23-14-17(21-2-1-11-31-21)25-5-7-27-8-6-25)16-13-19(30-24-16)15-3-4-18-20(12-15)29-10-9-28-18/h1-4,11-13,17H,5-10,14H2,(H,23,26)/t17-/m1/s1. The molecule has 8 nitrogen and oxygen atoms in total. The molecule has 162 valence electrons. The Morgan fingerprint density at radius 1 is 1.10 bits per heavy atom. The Morgan fingerprint density at radius 3 is 2.74 bits per heavy atom. The number of hydrogen-bond donors (Lipinski definition) is 1. The number of thiophene rings is 1.